The van der Waals surface area contributed by atoms with Gasteiger partial charge in [-0.25, -0.2) is 13.1 Å². The largest absolute Gasteiger partial charge is 0.338 e. The molecule has 1 aliphatic carbocycles. The molecule has 1 heterocycles. The van der Waals surface area contributed by atoms with Crippen LogP contribution >= 0.6 is 23.2 Å². The molecule has 2 N–H and O–H groups in total. The molecule has 1 aliphatic heterocycles. The zero-order chi connectivity index (χ0) is 22.9. The van der Waals surface area contributed by atoms with E-state index in [2.05, 4.69) is 10.0 Å². The molecule has 7 nitrogen and oxygen atoms in total. The summed E-state index contributed by atoms with van der Waals surface area (Å²) >= 11 is 12.3. The van der Waals surface area contributed by atoms with Gasteiger partial charge in [0, 0.05) is 31.2 Å². The lowest BCUT2D eigenvalue weighted by Gasteiger charge is -2.26. The van der Waals surface area contributed by atoms with Crippen molar-refractivity contribution in [2.45, 2.75) is 49.6 Å². The number of carbonyl (C=O) groups is 2. The van der Waals surface area contributed by atoms with Gasteiger partial charge in [-0.15, -0.1) is 0 Å². The average Bonchev–Trinajstić information content (AvgIpc) is 3.53. The summed E-state index contributed by atoms with van der Waals surface area (Å²) in [5.41, 5.74) is 1.41. The van der Waals surface area contributed by atoms with Crippen molar-refractivity contribution in [1.82, 2.24) is 9.62 Å². The first kappa shape index (κ1) is 23.0. The summed E-state index contributed by atoms with van der Waals surface area (Å²) < 4.78 is 27.8. The highest BCUT2D eigenvalue weighted by atomic mass is 35.5. The number of halogens is 2. The van der Waals surface area contributed by atoms with Crippen molar-refractivity contribution in [1.29, 1.82) is 0 Å². The minimum atomic E-state index is -3.86. The quantitative estimate of drug-likeness (QED) is 0.601. The van der Waals surface area contributed by atoms with E-state index in [0.29, 0.717) is 18.7 Å². The molecule has 1 saturated carbocycles. The molecule has 2 amide bonds. The summed E-state index contributed by atoms with van der Waals surface area (Å²) in [6.07, 6.45) is 4.01. The van der Waals surface area contributed by atoms with E-state index in [1.54, 1.807) is 18.2 Å². The van der Waals surface area contributed by atoms with Gasteiger partial charge in [-0.05, 0) is 55.5 Å². The lowest BCUT2D eigenvalue weighted by atomic mass is 10.1. The van der Waals surface area contributed by atoms with E-state index in [9.17, 15) is 18.0 Å². The highest BCUT2D eigenvalue weighted by molar-refractivity contribution is 7.89. The third-order valence-corrected chi connectivity index (χ3v) is 7.73. The number of anilines is 1. The van der Waals surface area contributed by atoms with Gasteiger partial charge in [0.1, 0.15) is 4.90 Å². The molecule has 0 bridgehead atoms. The van der Waals surface area contributed by atoms with Gasteiger partial charge >= 0.3 is 0 Å². The lowest BCUT2D eigenvalue weighted by molar-refractivity contribution is -0.133. The van der Waals surface area contributed by atoms with Gasteiger partial charge < -0.3 is 10.2 Å². The fourth-order valence-electron chi connectivity index (χ4n) is 3.59. The van der Waals surface area contributed by atoms with E-state index < -0.39 is 15.9 Å². The summed E-state index contributed by atoms with van der Waals surface area (Å²) in [4.78, 5) is 26.6. The summed E-state index contributed by atoms with van der Waals surface area (Å²) in [7, 11) is -3.86. The second-order valence-electron chi connectivity index (χ2n) is 8.08. The van der Waals surface area contributed by atoms with E-state index in [1.807, 2.05) is 11.0 Å². The highest BCUT2D eigenvalue weighted by Crippen LogP contribution is 2.31. The Morgan fingerprint density at radius 1 is 1.09 bits per heavy atom. The topological polar surface area (TPSA) is 95.6 Å². The van der Waals surface area contributed by atoms with Crippen molar-refractivity contribution >= 4 is 50.7 Å². The number of piperidine rings is 1. The number of rotatable bonds is 7. The Kier molecular flexibility index (Phi) is 6.76. The molecule has 2 aromatic rings. The zero-order valence-electron chi connectivity index (χ0n) is 17.2. The molecule has 0 spiro atoms. The maximum atomic E-state index is 12.9. The van der Waals surface area contributed by atoms with Crippen LogP contribution in [0.5, 0.6) is 0 Å². The van der Waals surface area contributed by atoms with E-state index in [0.717, 1.165) is 37.8 Å². The lowest BCUT2D eigenvalue weighted by Crippen LogP contribution is -2.34. The van der Waals surface area contributed by atoms with Gasteiger partial charge in [0.15, 0.2) is 0 Å². The molecule has 1 saturated heterocycles. The van der Waals surface area contributed by atoms with Gasteiger partial charge in [-0.3, -0.25) is 9.59 Å². The molecule has 2 aliphatic rings. The molecule has 170 valence electrons. The van der Waals surface area contributed by atoms with Gasteiger partial charge in [0.05, 0.1) is 15.6 Å². The van der Waals surface area contributed by atoms with Crippen LogP contribution in [0.3, 0.4) is 0 Å². The zero-order valence-corrected chi connectivity index (χ0v) is 19.6. The monoisotopic (exact) mass is 495 g/mol. The van der Waals surface area contributed by atoms with Crippen LogP contribution in [-0.4, -0.2) is 37.7 Å². The Balaban J connectivity index is 1.52. The van der Waals surface area contributed by atoms with Crippen molar-refractivity contribution < 1.29 is 18.0 Å². The van der Waals surface area contributed by atoms with E-state index in [1.165, 1.54) is 12.1 Å². The molecule has 2 aromatic carbocycles. The number of likely N-dealkylation sites (tertiary alicyclic amines) is 1. The average molecular weight is 496 g/mol. The van der Waals surface area contributed by atoms with Crippen LogP contribution in [0.1, 0.15) is 48.0 Å². The van der Waals surface area contributed by atoms with Gasteiger partial charge in [-0.2, -0.15) is 0 Å². The maximum Gasteiger partial charge on any atom is 0.257 e. The molecule has 2 fully saturated rings. The van der Waals surface area contributed by atoms with Gasteiger partial charge in [-0.1, -0.05) is 35.3 Å². The smallest absolute Gasteiger partial charge is 0.257 e. The van der Waals surface area contributed by atoms with Crippen LogP contribution in [0.25, 0.3) is 0 Å². The van der Waals surface area contributed by atoms with Crippen LogP contribution < -0.4 is 10.0 Å². The number of benzene rings is 2. The van der Waals surface area contributed by atoms with Crippen LogP contribution in [0.15, 0.2) is 41.3 Å². The maximum absolute atomic E-state index is 12.9. The van der Waals surface area contributed by atoms with E-state index >= 15 is 0 Å². The molecule has 4 rings (SSSR count). The predicted molar refractivity (Wildman–Crippen MR) is 123 cm³/mol. The first-order valence-electron chi connectivity index (χ1n) is 10.4. The Labute approximate surface area is 197 Å². The molecular weight excluding hydrogens is 473 g/mol. The number of carbonyl (C=O) groups excluding carboxylic acids is 2. The fourth-order valence-corrected chi connectivity index (χ4v) is 5.75. The molecule has 0 aromatic heterocycles. The van der Waals surface area contributed by atoms with Crippen molar-refractivity contribution in [2.75, 3.05) is 11.9 Å². The molecule has 0 radical (unpaired) electrons. The Hall–Kier alpha value is -2.13. The third kappa shape index (κ3) is 5.43. The number of nitrogens with one attached hydrogen (secondary N) is 2. The van der Waals surface area contributed by atoms with Crippen LogP contribution in [-0.2, 0) is 21.4 Å². The van der Waals surface area contributed by atoms with Crippen molar-refractivity contribution in [3.05, 3.63) is 57.6 Å². The first-order valence-corrected chi connectivity index (χ1v) is 12.7. The Bertz CT molecular complexity index is 1170. The molecule has 10 heteroatoms. The Morgan fingerprint density at radius 3 is 2.59 bits per heavy atom. The predicted octanol–water partition coefficient (Wildman–Crippen LogP) is 4.20. The summed E-state index contributed by atoms with van der Waals surface area (Å²) in [6.45, 7) is 1.20. The highest BCUT2D eigenvalue weighted by Gasteiger charge is 2.30. The minimum Gasteiger partial charge on any atom is -0.338 e. The number of nitrogens with zero attached hydrogens (tertiary/aromatic N) is 1. The number of hydrogen-bond donors (Lipinski definition) is 2. The van der Waals surface area contributed by atoms with E-state index in [4.69, 9.17) is 23.2 Å². The van der Waals surface area contributed by atoms with Crippen molar-refractivity contribution in [2.24, 2.45) is 0 Å². The van der Waals surface area contributed by atoms with Gasteiger partial charge in [0.2, 0.25) is 15.9 Å². The van der Waals surface area contributed by atoms with Crippen LogP contribution in [0.4, 0.5) is 5.69 Å². The van der Waals surface area contributed by atoms with Crippen LogP contribution in [0, 0.1) is 0 Å². The number of sulfonamides is 1. The summed E-state index contributed by atoms with van der Waals surface area (Å²) in [5, 5.41) is 2.75. The fraction of sp³-hybridized carbons (Fsp3) is 0.364. The number of amides is 2. The summed E-state index contributed by atoms with van der Waals surface area (Å²) in [6, 6.07) is 9.54. The van der Waals surface area contributed by atoms with Crippen LogP contribution in [0.2, 0.25) is 10.0 Å². The molecule has 0 unspecified atom stereocenters. The molecule has 32 heavy (non-hydrogen) atoms. The second kappa shape index (κ2) is 9.39. The van der Waals surface area contributed by atoms with Crippen molar-refractivity contribution in [3.63, 3.8) is 0 Å². The molecule has 0 atom stereocenters. The number of hydrogen-bond acceptors (Lipinski definition) is 4. The SMILES string of the molecule is O=C(Nc1cccc(CN2CCCCC2=O)c1)c1cc(S(=O)(=O)NC2CC2)c(Cl)cc1Cl. The second-order valence-corrected chi connectivity index (χ2v) is 10.6. The van der Waals surface area contributed by atoms with Gasteiger partial charge in [0.25, 0.3) is 5.91 Å². The minimum absolute atomic E-state index is 0.00356. The normalized spacial score (nSPS) is 16.8. The van der Waals surface area contributed by atoms with Crippen molar-refractivity contribution in [3.8, 4) is 0 Å². The summed E-state index contributed by atoms with van der Waals surface area (Å²) in [5.74, 6) is -0.423. The molecular formula is C22H23Cl2N3O4S. The Morgan fingerprint density at radius 2 is 1.88 bits per heavy atom. The third-order valence-electron chi connectivity index (χ3n) is 5.43. The standard InChI is InChI=1S/C22H23Cl2N3O4S/c23-18-12-19(24)20(32(30,31)26-15-7-8-15)11-17(18)22(29)25-16-5-3-4-14(10-16)13-27-9-2-1-6-21(27)28/h3-5,10-12,15,26H,1-2,6-9,13H2,(H,25,29). The van der Waals surface area contributed by atoms with E-state index in [-0.39, 0.29) is 32.5 Å². The first-order chi connectivity index (χ1) is 15.2.